The van der Waals surface area contributed by atoms with E-state index in [0.717, 1.165) is 20.6 Å². The number of nitro benzene ring substituents is 1. The van der Waals surface area contributed by atoms with E-state index in [0.29, 0.717) is 24.1 Å². The summed E-state index contributed by atoms with van der Waals surface area (Å²) in [6, 6.07) is 8.45. The number of carbonyl (C=O) groups is 1. The molecule has 2 aromatic rings. The highest BCUT2D eigenvalue weighted by Gasteiger charge is 2.46. The SMILES string of the molecule is CCc1sc(C2C(C#N)=C(N)N(c3ccc(Cl)cc3[N+](=O)[O-])C3=C2C(=O)CC(C)(C)C3)cc1Br. The van der Waals surface area contributed by atoms with Gasteiger partial charge in [-0.15, -0.1) is 11.3 Å². The second-order valence-electron chi connectivity index (χ2n) is 9.14. The number of rotatable bonds is 4. The van der Waals surface area contributed by atoms with Crippen LogP contribution in [0.4, 0.5) is 11.4 Å². The Balaban J connectivity index is 2.04. The Hall–Kier alpha value is -2.67. The summed E-state index contributed by atoms with van der Waals surface area (Å²) in [5, 5.41) is 22.3. The first-order valence-corrected chi connectivity index (χ1v) is 12.7. The minimum absolute atomic E-state index is 0.0827. The topological polar surface area (TPSA) is 113 Å². The molecule has 2 aliphatic rings. The summed E-state index contributed by atoms with van der Waals surface area (Å²) in [6.07, 6.45) is 1.58. The quantitative estimate of drug-likeness (QED) is 0.333. The van der Waals surface area contributed by atoms with E-state index in [1.165, 1.54) is 34.4 Å². The van der Waals surface area contributed by atoms with Crippen molar-refractivity contribution in [3.8, 4) is 6.07 Å². The molecular weight excluding hydrogens is 540 g/mol. The molecule has 0 fully saturated rings. The molecule has 10 heteroatoms. The number of ketones is 1. The molecule has 1 aromatic carbocycles. The van der Waals surface area contributed by atoms with Gasteiger partial charge in [0.25, 0.3) is 5.69 Å². The molecule has 7 nitrogen and oxygen atoms in total. The molecule has 0 spiro atoms. The van der Waals surface area contributed by atoms with Gasteiger partial charge in [-0.1, -0.05) is 32.4 Å². The molecule has 2 N–H and O–H groups in total. The fourth-order valence-electron chi connectivity index (χ4n) is 4.71. The smallest absolute Gasteiger partial charge is 0.294 e. The van der Waals surface area contributed by atoms with Crippen LogP contribution in [0.5, 0.6) is 0 Å². The van der Waals surface area contributed by atoms with E-state index in [9.17, 15) is 20.2 Å². The van der Waals surface area contributed by atoms with Crippen LogP contribution in [0.2, 0.25) is 5.02 Å². The molecule has 0 saturated heterocycles. The fourth-order valence-corrected chi connectivity index (χ4v) is 6.91. The number of benzene rings is 1. The van der Waals surface area contributed by atoms with Crippen LogP contribution in [-0.4, -0.2) is 10.7 Å². The van der Waals surface area contributed by atoms with Crippen molar-refractivity contribution in [3.05, 3.63) is 76.3 Å². The number of thiophene rings is 1. The van der Waals surface area contributed by atoms with Crippen molar-refractivity contribution in [1.82, 2.24) is 0 Å². The number of nitro groups is 1. The number of nitrogens with zero attached hydrogens (tertiary/aromatic N) is 3. The van der Waals surface area contributed by atoms with Crippen LogP contribution in [0, 0.1) is 26.9 Å². The van der Waals surface area contributed by atoms with Crippen molar-refractivity contribution < 1.29 is 9.72 Å². The number of hydrogen-bond acceptors (Lipinski definition) is 7. The van der Waals surface area contributed by atoms with Crippen molar-refractivity contribution in [1.29, 1.82) is 5.26 Å². The summed E-state index contributed by atoms with van der Waals surface area (Å²) in [5.41, 5.74) is 7.42. The molecule has 0 amide bonds. The minimum atomic E-state index is -0.618. The maximum atomic E-state index is 13.6. The number of nitrogens with two attached hydrogens (primary N) is 1. The largest absolute Gasteiger partial charge is 0.384 e. The van der Waals surface area contributed by atoms with Crippen molar-refractivity contribution >= 4 is 56.0 Å². The number of aryl methyl sites for hydroxylation is 1. The molecule has 2 heterocycles. The van der Waals surface area contributed by atoms with Gasteiger partial charge in [-0.25, -0.2) is 0 Å². The number of Topliss-reactive ketones (excluding diaryl/α,β-unsaturated/α-hetero) is 1. The average molecular weight is 562 g/mol. The van der Waals surface area contributed by atoms with Gasteiger partial charge in [-0.2, -0.15) is 5.26 Å². The molecule has 176 valence electrons. The van der Waals surface area contributed by atoms with Gasteiger partial charge < -0.3 is 5.73 Å². The third kappa shape index (κ3) is 4.04. The number of carbonyl (C=O) groups excluding carboxylic acids is 1. The van der Waals surface area contributed by atoms with Crippen molar-refractivity contribution in [2.75, 3.05) is 4.90 Å². The summed E-state index contributed by atoms with van der Waals surface area (Å²) in [7, 11) is 0. The van der Waals surface area contributed by atoms with Gasteiger partial charge in [0.05, 0.1) is 22.5 Å². The van der Waals surface area contributed by atoms with E-state index in [1.807, 2.05) is 26.8 Å². The monoisotopic (exact) mass is 560 g/mol. The molecule has 1 atom stereocenters. The van der Waals surface area contributed by atoms with Gasteiger partial charge in [0.15, 0.2) is 5.78 Å². The third-order valence-corrected chi connectivity index (χ3v) is 8.69. The number of nitriles is 1. The van der Waals surface area contributed by atoms with Crippen LogP contribution in [0.3, 0.4) is 0 Å². The van der Waals surface area contributed by atoms with E-state index in [-0.39, 0.29) is 39.0 Å². The Bertz CT molecular complexity index is 1340. The lowest BCUT2D eigenvalue weighted by Crippen LogP contribution is -2.42. The first-order valence-electron chi connectivity index (χ1n) is 10.7. The lowest BCUT2D eigenvalue weighted by Gasteiger charge is -2.43. The predicted octanol–water partition coefficient (Wildman–Crippen LogP) is 6.58. The van der Waals surface area contributed by atoms with Crippen LogP contribution < -0.4 is 10.6 Å². The van der Waals surface area contributed by atoms with Crippen molar-refractivity contribution in [2.45, 2.75) is 46.0 Å². The Morgan fingerprint density at radius 1 is 1.38 bits per heavy atom. The standard InChI is InChI=1S/C24H22BrClN4O3S/c1-4-19-14(25)8-20(34-19)21-13(11-27)23(28)29(15-6-5-12(26)7-16(15)30(32)33)17-9-24(2,3)10-18(31)22(17)21/h5-8,21H,4,9-10,28H2,1-3H3. The highest BCUT2D eigenvalue weighted by atomic mass is 79.9. The van der Waals surface area contributed by atoms with E-state index >= 15 is 0 Å². The first-order chi connectivity index (χ1) is 16.0. The zero-order valence-corrected chi connectivity index (χ0v) is 22.0. The van der Waals surface area contributed by atoms with Gasteiger partial charge >= 0.3 is 0 Å². The fraction of sp³-hybridized carbons (Fsp3) is 0.333. The van der Waals surface area contributed by atoms with E-state index < -0.39 is 10.8 Å². The van der Waals surface area contributed by atoms with Crippen LogP contribution in [0.25, 0.3) is 0 Å². The van der Waals surface area contributed by atoms with Gasteiger partial charge in [0.2, 0.25) is 0 Å². The Kier molecular flexibility index (Phi) is 6.36. The van der Waals surface area contributed by atoms with E-state index in [4.69, 9.17) is 17.3 Å². The number of allylic oxidation sites excluding steroid dienone is 3. The van der Waals surface area contributed by atoms with E-state index in [1.54, 1.807) is 0 Å². The second-order valence-corrected chi connectivity index (χ2v) is 11.6. The van der Waals surface area contributed by atoms with Gasteiger partial charge in [0, 0.05) is 43.0 Å². The highest BCUT2D eigenvalue weighted by Crippen LogP contribution is 2.52. The van der Waals surface area contributed by atoms with Crippen LogP contribution in [0.1, 0.15) is 49.3 Å². The minimum Gasteiger partial charge on any atom is -0.384 e. The Labute approximate surface area is 214 Å². The molecule has 1 unspecified atom stereocenters. The molecular formula is C24H22BrClN4O3S. The molecule has 1 aromatic heterocycles. The molecule has 1 aliphatic heterocycles. The number of anilines is 1. The summed E-state index contributed by atoms with van der Waals surface area (Å²) in [4.78, 5) is 28.4. The number of halogens is 2. The van der Waals surface area contributed by atoms with Crippen molar-refractivity contribution in [2.24, 2.45) is 11.1 Å². The third-order valence-electron chi connectivity index (χ3n) is 6.14. The summed E-state index contributed by atoms with van der Waals surface area (Å²) in [6.45, 7) is 6.00. The van der Waals surface area contributed by atoms with Crippen molar-refractivity contribution in [3.63, 3.8) is 0 Å². The predicted molar refractivity (Wildman–Crippen MR) is 137 cm³/mol. The summed E-state index contributed by atoms with van der Waals surface area (Å²) in [5.74, 6) is -0.613. The zero-order chi connectivity index (χ0) is 24.9. The van der Waals surface area contributed by atoms with Gasteiger partial charge in [-0.05, 0) is 52.4 Å². The second kappa shape index (κ2) is 8.84. The van der Waals surface area contributed by atoms with Gasteiger partial charge in [0.1, 0.15) is 11.5 Å². The first kappa shape index (κ1) is 24.5. The molecule has 4 rings (SSSR count). The summed E-state index contributed by atoms with van der Waals surface area (Å²) >= 11 is 11.2. The Morgan fingerprint density at radius 2 is 2.09 bits per heavy atom. The van der Waals surface area contributed by atoms with Crippen LogP contribution in [0.15, 0.2) is 51.4 Å². The molecule has 0 bridgehead atoms. The van der Waals surface area contributed by atoms with Crippen LogP contribution in [-0.2, 0) is 11.2 Å². The lowest BCUT2D eigenvalue weighted by atomic mass is 9.69. The molecule has 0 radical (unpaired) electrons. The summed E-state index contributed by atoms with van der Waals surface area (Å²) < 4.78 is 0.923. The average Bonchev–Trinajstić information content (AvgIpc) is 3.13. The van der Waals surface area contributed by atoms with Gasteiger partial charge in [-0.3, -0.25) is 19.8 Å². The highest BCUT2D eigenvalue weighted by molar-refractivity contribution is 9.10. The van der Waals surface area contributed by atoms with E-state index in [2.05, 4.69) is 22.0 Å². The maximum absolute atomic E-state index is 13.6. The Morgan fingerprint density at radius 3 is 2.68 bits per heavy atom. The maximum Gasteiger partial charge on any atom is 0.294 e. The molecule has 0 saturated carbocycles. The normalized spacial score (nSPS) is 19.8. The number of hydrogen-bond donors (Lipinski definition) is 1. The zero-order valence-electron chi connectivity index (χ0n) is 18.8. The molecule has 34 heavy (non-hydrogen) atoms. The molecule has 1 aliphatic carbocycles. The van der Waals surface area contributed by atoms with Crippen LogP contribution >= 0.6 is 38.9 Å². The lowest BCUT2D eigenvalue weighted by molar-refractivity contribution is -0.384.